The van der Waals surface area contributed by atoms with Crippen LogP contribution in [0.1, 0.15) is 42.9 Å². The van der Waals surface area contributed by atoms with E-state index in [0.717, 1.165) is 22.8 Å². The summed E-state index contributed by atoms with van der Waals surface area (Å²) in [6.45, 7) is 2.07. The minimum Gasteiger partial charge on any atom is -0.313 e. The van der Waals surface area contributed by atoms with Gasteiger partial charge >= 0.3 is 0 Å². The third-order valence-corrected chi connectivity index (χ3v) is 5.38. The molecule has 3 rings (SSSR count). The van der Waals surface area contributed by atoms with E-state index < -0.39 is 0 Å². The predicted octanol–water partition coefficient (Wildman–Crippen LogP) is 4.35. The predicted molar refractivity (Wildman–Crippen MR) is 76.9 cm³/mol. The van der Waals surface area contributed by atoms with Crippen molar-refractivity contribution in [2.45, 2.75) is 38.6 Å². The van der Waals surface area contributed by atoms with Gasteiger partial charge in [-0.25, -0.2) is 0 Å². The molecule has 0 saturated heterocycles. The number of hydrogen-bond donors (Lipinski definition) is 1. The Kier molecular flexibility index (Phi) is 3.38. The Morgan fingerprint density at radius 3 is 2.44 bits per heavy atom. The molecule has 0 amide bonds. The summed E-state index contributed by atoms with van der Waals surface area (Å²) >= 11 is 6.27. The molecule has 1 aromatic carbocycles. The van der Waals surface area contributed by atoms with Crippen LogP contribution < -0.4 is 5.32 Å². The number of hydrogen-bond acceptors (Lipinski definition) is 1. The zero-order chi connectivity index (χ0) is 12.7. The van der Waals surface area contributed by atoms with Gasteiger partial charge in [-0.3, -0.25) is 0 Å². The van der Waals surface area contributed by atoms with Crippen LogP contribution in [-0.4, -0.2) is 7.05 Å². The fraction of sp³-hybridized carbons (Fsp3) is 0.625. The number of nitrogens with one attached hydrogen (secondary N) is 1. The van der Waals surface area contributed by atoms with E-state index >= 15 is 0 Å². The summed E-state index contributed by atoms with van der Waals surface area (Å²) in [5.41, 5.74) is 2.54. The van der Waals surface area contributed by atoms with Crippen molar-refractivity contribution < 1.29 is 0 Å². The molecule has 1 N–H and O–H groups in total. The van der Waals surface area contributed by atoms with Crippen LogP contribution in [0.25, 0.3) is 0 Å². The van der Waals surface area contributed by atoms with Gasteiger partial charge in [0.25, 0.3) is 0 Å². The lowest BCUT2D eigenvalue weighted by atomic mass is 9.99. The molecule has 3 unspecified atom stereocenters. The third kappa shape index (κ3) is 2.08. The molecule has 18 heavy (non-hydrogen) atoms. The first-order chi connectivity index (χ1) is 8.72. The number of benzene rings is 1. The zero-order valence-electron chi connectivity index (χ0n) is 11.2. The van der Waals surface area contributed by atoms with Crippen LogP contribution in [0, 0.1) is 24.7 Å². The highest BCUT2D eigenvalue weighted by Crippen LogP contribution is 2.60. The van der Waals surface area contributed by atoms with Crippen LogP contribution in [0.5, 0.6) is 0 Å². The molecule has 1 aromatic rings. The third-order valence-electron chi connectivity index (χ3n) is 4.97. The number of aryl methyl sites for hydroxylation is 1. The number of halogens is 1. The van der Waals surface area contributed by atoms with E-state index in [4.69, 9.17) is 11.6 Å². The van der Waals surface area contributed by atoms with Gasteiger partial charge in [0.15, 0.2) is 0 Å². The van der Waals surface area contributed by atoms with Gasteiger partial charge in [-0.15, -0.1) is 0 Å². The maximum Gasteiger partial charge on any atom is 0.0438 e. The van der Waals surface area contributed by atoms with Crippen molar-refractivity contribution in [1.29, 1.82) is 0 Å². The molecule has 2 aliphatic rings. The molecule has 2 aliphatic carbocycles. The Hall–Kier alpha value is -0.530. The molecule has 2 heteroatoms. The summed E-state index contributed by atoms with van der Waals surface area (Å²) in [5, 5.41) is 4.42. The van der Waals surface area contributed by atoms with Crippen molar-refractivity contribution in [3.8, 4) is 0 Å². The lowest BCUT2D eigenvalue weighted by Crippen LogP contribution is -2.19. The second kappa shape index (κ2) is 4.86. The lowest BCUT2D eigenvalue weighted by molar-refractivity contribution is 0.480. The fourth-order valence-electron chi connectivity index (χ4n) is 3.93. The lowest BCUT2D eigenvalue weighted by Gasteiger charge is -2.18. The van der Waals surface area contributed by atoms with Crippen LogP contribution in [0.15, 0.2) is 18.2 Å². The molecule has 2 fully saturated rings. The van der Waals surface area contributed by atoms with Crippen molar-refractivity contribution in [3.05, 3.63) is 34.3 Å². The maximum absolute atomic E-state index is 6.27. The monoisotopic (exact) mass is 263 g/mol. The van der Waals surface area contributed by atoms with E-state index in [1.165, 1.54) is 36.8 Å². The zero-order valence-corrected chi connectivity index (χ0v) is 12.0. The van der Waals surface area contributed by atoms with Crippen LogP contribution in [-0.2, 0) is 0 Å². The Bertz CT molecular complexity index is 431. The van der Waals surface area contributed by atoms with Crippen LogP contribution in [0.4, 0.5) is 0 Å². The highest BCUT2D eigenvalue weighted by molar-refractivity contribution is 6.31. The quantitative estimate of drug-likeness (QED) is 0.855. The van der Waals surface area contributed by atoms with E-state index in [9.17, 15) is 0 Å². The van der Waals surface area contributed by atoms with Gasteiger partial charge in [0.2, 0.25) is 0 Å². The fourth-order valence-corrected chi connectivity index (χ4v) is 4.12. The molecular formula is C16H22ClN. The second-order valence-electron chi connectivity index (χ2n) is 5.96. The summed E-state index contributed by atoms with van der Waals surface area (Å²) in [7, 11) is 2.09. The second-order valence-corrected chi connectivity index (χ2v) is 6.37. The topological polar surface area (TPSA) is 12.0 Å². The van der Waals surface area contributed by atoms with Crippen molar-refractivity contribution in [1.82, 2.24) is 5.32 Å². The first-order valence-electron chi connectivity index (χ1n) is 7.15. The van der Waals surface area contributed by atoms with Gasteiger partial charge in [0.05, 0.1) is 0 Å². The molecule has 0 radical (unpaired) electrons. The SMILES string of the molecule is CNC(c1ccc(C)c(Cl)c1)C1C2CCCCC21. The minimum atomic E-state index is 0.496. The number of fused-ring (bicyclic) bond motifs is 1. The normalized spacial score (nSPS) is 31.8. The highest BCUT2D eigenvalue weighted by atomic mass is 35.5. The van der Waals surface area contributed by atoms with Gasteiger partial charge in [-0.2, -0.15) is 0 Å². The van der Waals surface area contributed by atoms with E-state index in [1.807, 2.05) is 0 Å². The van der Waals surface area contributed by atoms with E-state index in [-0.39, 0.29) is 0 Å². The molecule has 0 aliphatic heterocycles. The summed E-state index contributed by atoms with van der Waals surface area (Å²) in [6, 6.07) is 7.04. The van der Waals surface area contributed by atoms with Crippen LogP contribution in [0.2, 0.25) is 5.02 Å². The first-order valence-corrected chi connectivity index (χ1v) is 7.53. The van der Waals surface area contributed by atoms with Crippen molar-refractivity contribution in [2.24, 2.45) is 17.8 Å². The summed E-state index contributed by atoms with van der Waals surface area (Å²) in [6.07, 6.45) is 5.74. The molecule has 3 atom stereocenters. The Labute approximate surface area is 115 Å². The van der Waals surface area contributed by atoms with Crippen molar-refractivity contribution in [3.63, 3.8) is 0 Å². The van der Waals surface area contributed by atoms with Crippen molar-refractivity contribution in [2.75, 3.05) is 7.05 Å². The van der Waals surface area contributed by atoms with Gasteiger partial charge < -0.3 is 5.32 Å². The van der Waals surface area contributed by atoms with Gasteiger partial charge in [0.1, 0.15) is 0 Å². The molecule has 0 bridgehead atoms. The number of rotatable bonds is 3. The smallest absolute Gasteiger partial charge is 0.0438 e. The van der Waals surface area contributed by atoms with E-state index in [0.29, 0.717) is 6.04 Å². The molecular weight excluding hydrogens is 242 g/mol. The Balaban J connectivity index is 1.82. The van der Waals surface area contributed by atoms with E-state index in [2.05, 4.69) is 37.5 Å². The maximum atomic E-state index is 6.27. The van der Waals surface area contributed by atoms with Gasteiger partial charge in [-0.05, 0) is 61.8 Å². The van der Waals surface area contributed by atoms with E-state index in [1.54, 1.807) is 0 Å². The Morgan fingerprint density at radius 2 is 1.89 bits per heavy atom. The van der Waals surface area contributed by atoms with Crippen molar-refractivity contribution >= 4 is 11.6 Å². The Morgan fingerprint density at radius 1 is 1.22 bits per heavy atom. The standard InChI is InChI=1S/C16H22ClN/c1-10-7-8-11(9-14(10)17)16(18-2)15-12-5-3-4-6-13(12)15/h7-9,12-13,15-16,18H,3-6H2,1-2H3. The average Bonchev–Trinajstić information content (AvgIpc) is 3.09. The molecule has 1 nitrogen and oxygen atoms in total. The molecule has 2 saturated carbocycles. The highest BCUT2D eigenvalue weighted by Gasteiger charge is 2.53. The molecule has 98 valence electrons. The molecule has 0 spiro atoms. The minimum absolute atomic E-state index is 0.496. The van der Waals surface area contributed by atoms with Crippen LogP contribution in [0.3, 0.4) is 0 Å². The summed E-state index contributed by atoms with van der Waals surface area (Å²) in [4.78, 5) is 0. The van der Waals surface area contributed by atoms with Gasteiger partial charge in [-0.1, -0.05) is 36.6 Å². The largest absolute Gasteiger partial charge is 0.313 e. The average molecular weight is 264 g/mol. The van der Waals surface area contributed by atoms with Crippen LogP contribution >= 0.6 is 11.6 Å². The molecule has 0 aromatic heterocycles. The molecule has 0 heterocycles. The van der Waals surface area contributed by atoms with Gasteiger partial charge in [0, 0.05) is 11.1 Å². The first kappa shape index (κ1) is 12.5. The summed E-state index contributed by atoms with van der Waals surface area (Å²) < 4.78 is 0. The summed E-state index contributed by atoms with van der Waals surface area (Å²) in [5.74, 6) is 2.78.